The first-order chi connectivity index (χ1) is 8.69. The van der Waals surface area contributed by atoms with Crippen molar-refractivity contribution in [3.63, 3.8) is 0 Å². The van der Waals surface area contributed by atoms with Crippen LogP contribution in [0.3, 0.4) is 0 Å². The summed E-state index contributed by atoms with van der Waals surface area (Å²) in [6.07, 6.45) is 5.66. The van der Waals surface area contributed by atoms with Crippen LogP contribution in [0.15, 0.2) is 24.0 Å². The van der Waals surface area contributed by atoms with Crippen molar-refractivity contribution in [3.05, 3.63) is 29.6 Å². The number of hydrogen-bond donors (Lipinski definition) is 1. The van der Waals surface area contributed by atoms with Crippen molar-refractivity contribution >= 4 is 12.0 Å². The molecule has 5 nitrogen and oxygen atoms in total. The second kappa shape index (κ2) is 5.53. The Hall–Kier alpha value is -2.04. The molecule has 0 bridgehead atoms. The van der Waals surface area contributed by atoms with Gasteiger partial charge in [-0.15, -0.1) is 0 Å². The van der Waals surface area contributed by atoms with Crippen LogP contribution in [-0.4, -0.2) is 23.7 Å². The standard InChI is InChI=1S/C13H16N2O3/c1-2-17-13(16)11(14)7-9-3-6-12(15-8-9)18-10-4-5-10/h3,6-8,10H,2,4-5,14H2,1H3/b11-7-. The van der Waals surface area contributed by atoms with E-state index in [9.17, 15) is 4.79 Å². The maximum Gasteiger partial charge on any atom is 0.354 e. The van der Waals surface area contributed by atoms with Crippen LogP contribution in [0.4, 0.5) is 0 Å². The van der Waals surface area contributed by atoms with Gasteiger partial charge in [-0.3, -0.25) is 0 Å². The first-order valence-corrected chi connectivity index (χ1v) is 5.96. The Kier molecular flexibility index (Phi) is 3.82. The molecule has 0 atom stereocenters. The van der Waals surface area contributed by atoms with Gasteiger partial charge in [0.05, 0.1) is 6.61 Å². The fraction of sp³-hybridized carbons (Fsp3) is 0.385. The molecule has 2 rings (SSSR count). The van der Waals surface area contributed by atoms with Crippen molar-refractivity contribution in [3.8, 4) is 5.88 Å². The Balaban J connectivity index is 1.99. The SMILES string of the molecule is CCOC(=O)/C(N)=C/c1ccc(OC2CC2)nc1. The van der Waals surface area contributed by atoms with Gasteiger partial charge in [-0.25, -0.2) is 9.78 Å². The molecule has 0 aliphatic heterocycles. The van der Waals surface area contributed by atoms with E-state index in [1.807, 2.05) is 0 Å². The Labute approximate surface area is 106 Å². The number of carbonyl (C=O) groups is 1. The summed E-state index contributed by atoms with van der Waals surface area (Å²) in [5.41, 5.74) is 6.40. The molecule has 0 unspecified atom stereocenters. The Morgan fingerprint density at radius 1 is 1.56 bits per heavy atom. The summed E-state index contributed by atoms with van der Waals surface area (Å²) >= 11 is 0. The highest BCUT2D eigenvalue weighted by molar-refractivity contribution is 5.92. The molecule has 1 aromatic heterocycles. The highest BCUT2D eigenvalue weighted by atomic mass is 16.5. The molecule has 0 aromatic carbocycles. The van der Waals surface area contributed by atoms with Gasteiger partial charge in [0.1, 0.15) is 11.8 Å². The lowest BCUT2D eigenvalue weighted by molar-refractivity contribution is -0.138. The molecule has 0 spiro atoms. The zero-order valence-electron chi connectivity index (χ0n) is 10.3. The van der Waals surface area contributed by atoms with Gasteiger partial charge in [0.2, 0.25) is 5.88 Å². The van der Waals surface area contributed by atoms with Gasteiger partial charge in [-0.2, -0.15) is 0 Å². The Morgan fingerprint density at radius 3 is 2.89 bits per heavy atom. The zero-order chi connectivity index (χ0) is 13.0. The lowest BCUT2D eigenvalue weighted by Gasteiger charge is -2.04. The summed E-state index contributed by atoms with van der Waals surface area (Å²) in [4.78, 5) is 15.5. The lowest BCUT2D eigenvalue weighted by Crippen LogP contribution is -2.14. The smallest absolute Gasteiger partial charge is 0.354 e. The molecule has 1 aliphatic carbocycles. The van der Waals surface area contributed by atoms with E-state index in [0.29, 0.717) is 18.6 Å². The molecule has 96 valence electrons. The van der Waals surface area contributed by atoms with Gasteiger partial charge >= 0.3 is 5.97 Å². The third kappa shape index (κ3) is 3.48. The third-order valence-corrected chi connectivity index (χ3v) is 2.40. The molecule has 1 fully saturated rings. The van der Waals surface area contributed by atoms with Gasteiger partial charge in [-0.05, 0) is 37.5 Å². The van der Waals surface area contributed by atoms with Gasteiger partial charge in [0, 0.05) is 12.3 Å². The molecule has 5 heteroatoms. The predicted molar refractivity (Wildman–Crippen MR) is 66.7 cm³/mol. The van der Waals surface area contributed by atoms with E-state index in [1.165, 1.54) is 6.08 Å². The average molecular weight is 248 g/mol. The molecular formula is C13H16N2O3. The molecule has 1 aromatic rings. The third-order valence-electron chi connectivity index (χ3n) is 2.40. The van der Waals surface area contributed by atoms with E-state index in [2.05, 4.69) is 4.98 Å². The summed E-state index contributed by atoms with van der Waals surface area (Å²) in [6, 6.07) is 3.57. The minimum absolute atomic E-state index is 0.0644. The molecule has 0 radical (unpaired) electrons. The van der Waals surface area contributed by atoms with Crippen LogP contribution in [0.2, 0.25) is 0 Å². The Morgan fingerprint density at radius 2 is 2.33 bits per heavy atom. The molecule has 0 saturated heterocycles. The van der Waals surface area contributed by atoms with Crippen molar-refractivity contribution in [1.29, 1.82) is 0 Å². The number of nitrogens with two attached hydrogens (primary N) is 1. The van der Waals surface area contributed by atoms with E-state index >= 15 is 0 Å². The van der Waals surface area contributed by atoms with Crippen molar-refractivity contribution in [1.82, 2.24) is 4.98 Å². The number of hydrogen-bond acceptors (Lipinski definition) is 5. The normalized spacial score (nSPS) is 15.3. The molecule has 18 heavy (non-hydrogen) atoms. The summed E-state index contributed by atoms with van der Waals surface area (Å²) in [6.45, 7) is 2.04. The van der Waals surface area contributed by atoms with Crippen LogP contribution < -0.4 is 10.5 Å². The largest absolute Gasteiger partial charge is 0.474 e. The van der Waals surface area contributed by atoms with Crippen LogP contribution >= 0.6 is 0 Å². The maximum absolute atomic E-state index is 11.3. The number of pyridine rings is 1. The fourth-order valence-corrected chi connectivity index (χ4v) is 1.36. The van der Waals surface area contributed by atoms with Crippen LogP contribution in [0.25, 0.3) is 6.08 Å². The zero-order valence-corrected chi connectivity index (χ0v) is 10.3. The lowest BCUT2D eigenvalue weighted by atomic mass is 10.2. The van der Waals surface area contributed by atoms with E-state index < -0.39 is 5.97 Å². The number of esters is 1. The molecule has 1 saturated carbocycles. The minimum atomic E-state index is -0.518. The van der Waals surface area contributed by atoms with Crippen molar-refractivity contribution < 1.29 is 14.3 Å². The van der Waals surface area contributed by atoms with Crippen molar-refractivity contribution in [2.75, 3.05) is 6.61 Å². The first kappa shape index (κ1) is 12.4. The number of aromatic nitrogens is 1. The second-order valence-corrected chi connectivity index (χ2v) is 4.07. The molecule has 1 heterocycles. The molecule has 0 amide bonds. The average Bonchev–Trinajstić information content (AvgIpc) is 3.16. The Bertz CT molecular complexity index is 450. The van der Waals surface area contributed by atoms with E-state index in [-0.39, 0.29) is 5.70 Å². The van der Waals surface area contributed by atoms with Crippen LogP contribution in [0.1, 0.15) is 25.3 Å². The number of nitrogens with zero attached hydrogens (tertiary/aromatic N) is 1. The van der Waals surface area contributed by atoms with Crippen LogP contribution in [0.5, 0.6) is 5.88 Å². The molecule has 2 N–H and O–H groups in total. The number of ether oxygens (including phenoxy) is 2. The van der Waals surface area contributed by atoms with E-state index in [1.54, 1.807) is 25.3 Å². The summed E-state index contributed by atoms with van der Waals surface area (Å²) < 4.78 is 10.3. The van der Waals surface area contributed by atoms with Crippen molar-refractivity contribution in [2.24, 2.45) is 5.73 Å². The highest BCUT2D eigenvalue weighted by Crippen LogP contribution is 2.25. The monoisotopic (exact) mass is 248 g/mol. The summed E-state index contributed by atoms with van der Waals surface area (Å²) in [7, 11) is 0. The topological polar surface area (TPSA) is 74.4 Å². The molecular weight excluding hydrogens is 232 g/mol. The number of rotatable bonds is 5. The molecule has 1 aliphatic rings. The van der Waals surface area contributed by atoms with Crippen molar-refractivity contribution in [2.45, 2.75) is 25.9 Å². The van der Waals surface area contributed by atoms with Crippen LogP contribution in [0, 0.1) is 0 Å². The van der Waals surface area contributed by atoms with Crippen LogP contribution in [-0.2, 0) is 9.53 Å². The van der Waals surface area contributed by atoms with Gasteiger partial charge in [0.25, 0.3) is 0 Å². The maximum atomic E-state index is 11.3. The van der Waals surface area contributed by atoms with Gasteiger partial charge < -0.3 is 15.2 Å². The van der Waals surface area contributed by atoms with E-state index in [4.69, 9.17) is 15.2 Å². The van der Waals surface area contributed by atoms with Gasteiger partial charge in [0.15, 0.2) is 0 Å². The fourth-order valence-electron chi connectivity index (χ4n) is 1.36. The van der Waals surface area contributed by atoms with Gasteiger partial charge in [-0.1, -0.05) is 0 Å². The van der Waals surface area contributed by atoms with E-state index in [0.717, 1.165) is 18.4 Å². The highest BCUT2D eigenvalue weighted by Gasteiger charge is 2.23. The predicted octanol–water partition coefficient (Wildman–Crippen LogP) is 1.49. The quantitative estimate of drug-likeness (QED) is 0.631. The first-order valence-electron chi connectivity index (χ1n) is 5.96. The number of carbonyl (C=O) groups excluding carboxylic acids is 1. The second-order valence-electron chi connectivity index (χ2n) is 4.07. The summed E-state index contributed by atoms with van der Waals surface area (Å²) in [5, 5.41) is 0. The summed E-state index contributed by atoms with van der Waals surface area (Å²) in [5.74, 6) is 0.0835. The minimum Gasteiger partial charge on any atom is -0.474 e.